The van der Waals surface area contributed by atoms with Crippen LogP contribution < -0.4 is 10.5 Å². The number of hydrogen-bond donors (Lipinski definition) is 2. The third-order valence-electron chi connectivity index (χ3n) is 3.00. The number of nitrogens with two attached hydrogens (primary N) is 1. The quantitative estimate of drug-likeness (QED) is 0.899. The van der Waals surface area contributed by atoms with E-state index >= 15 is 0 Å². The van der Waals surface area contributed by atoms with Gasteiger partial charge in [-0.15, -0.1) is 0 Å². The predicted octanol–water partition coefficient (Wildman–Crippen LogP) is 1.60. The SMILES string of the molecule is Cc1cc(S(N)(=O)=O)ccc1NC(=O)c1ncccc1C. The van der Waals surface area contributed by atoms with Crippen molar-refractivity contribution in [2.75, 3.05) is 5.32 Å². The molecule has 3 N–H and O–H groups in total. The molecule has 21 heavy (non-hydrogen) atoms. The number of anilines is 1. The zero-order valence-electron chi connectivity index (χ0n) is 11.6. The fraction of sp³-hybridized carbons (Fsp3) is 0.143. The highest BCUT2D eigenvalue weighted by molar-refractivity contribution is 7.89. The Bertz CT molecular complexity index is 801. The molecule has 1 heterocycles. The number of rotatable bonds is 3. The van der Waals surface area contributed by atoms with Gasteiger partial charge in [0.1, 0.15) is 5.69 Å². The number of pyridine rings is 1. The molecule has 0 saturated heterocycles. The summed E-state index contributed by atoms with van der Waals surface area (Å²) in [4.78, 5) is 16.2. The molecular formula is C14H15N3O3S. The van der Waals surface area contributed by atoms with Gasteiger partial charge in [0, 0.05) is 11.9 Å². The van der Waals surface area contributed by atoms with Gasteiger partial charge in [-0.05, 0) is 49.2 Å². The van der Waals surface area contributed by atoms with Crippen LogP contribution in [0, 0.1) is 13.8 Å². The minimum Gasteiger partial charge on any atom is -0.320 e. The Balaban J connectivity index is 2.29. The predicted molar refractivity (Wildman–Crippen MR) is 79.5 cm³/mol. The van der Waals surface area contributed by atoms with Crippen LogP contribution in [0.5, 0.6) is 0 Å². The zero-order chi connectivity index (χ0) is 15.6. The molecule has 1 amide bonds. The molecule has 0 aliphatic heterocycles. The molecule has 2 rings (SSSR count). The lowest BCUT2D eigenvalue weighted by molar-refractivity contribution is 0.102. The van der Waals surface area contributed by atoms with Gasteiger partial charge in [0.25, 0.3) is 5.91 Å². The average molecular weight is 305 g/mol. The number of aromatic nitrogens is 1. The molecule has 7 heteroatoms. The third kappa shape index (κ3) is 3.45. The Hall–Kier alpha value is -2.25. The van der Waals surface area contributed by atoms with Gasteiger partial charge in [-0.2, -0.15) is 0 Å². The number of primary sulfonamides is 1. The number of hydrogen-bond acceptors (Lipinski definition) is 4. The van der Waals surface area contributed by atoms with Crippen LogP contribution in [0.25, 0.3) is 0 Å². The van der Waals surface area contributed by atoms with Gasteiger partial charge in [-0.3, -0.25) is 9.78 Å². The van der Waals surface area contributed by atoms with Crippen molar-refractivity contribution < 1.29 is 13.2 Å². The van der Waals surface area contributed by atoms with Crippen LogP contribution in [0.4, 0.5) is 5.69 Å². The Morgan fingerprint density at radius 3 is 2.48 bits per heavy atom. The van der Waals surface area contributed by atoms with E-state index in [1.807, 2.05) is 0 Å². The monoisotopic (exact) mass is 305 g/mol. The molecule has 1 aromatic carbocycles. The van der Waals surface area contributed by atoms with Crippen molar-refractivity contribution in [2.45, 2.75) is 18.7 Å². The molecule has 0 aliphatic carbocycles. The number of nitrogens with zero attached hydrogens (tertiary/aromatic N) is 1. The highest BCUT2D eigenvalue weighted by Gasteiger charge is 2.13. The average Bonchev–Trinajstić information content (AvgIpc) is 2.40. The number of aryl methyl sites for hydroxylation is 2. The third-order valence-corrected chi connectivity index (χ3v) is 3.91. The summed E-state index contributed by atoms with van der Waals surface area (Å²) in [5.41, 5.74) is 2.20. The molecule has 0 aliphatic rings. The van der Waals surface area contributed by atoms with Gasteiger partial charge in [0.05, 0.1) is 4.90 Å². The van der Waals surface area contributed by atoms with Crippen LogP contribution >= 0.6 is 0 Å². The first kappa shape index (κ1) is 15.1. The van der Waals surface area contributed by atoms with Gasteiger partial charge >= 0.3 is 0 Å². The van der Waals surface area contributed by atoms with Crippen LogP contribution in [0.1, 0.15) is 21.6 Å². The van der Waals surface area contributed by atoms with Crippen molar-refractivity contribution in [1.82, 2.24) is 4.98 Å². The number of carbonyl (C=O) groups is 1. The van der Waals surface area contributed by atoms with Crippen LogP contribution in [-0.2, 0) is 10.0 Å². The Morgan fingerprint density at radius 2 is 1.90 bits per heavy atom. The first-order valence-electron chi connectivity index (χ1n) is 6.15. The molecule has 0 bridgehead atoms. The molecule has 6 nitrogen and oxygen atoms in total. The highest BCUT2D eigenvalue weighted by Crippen LogP contribution is 2.19. The molecular weight excluding hydrogens is 290 g/mol. The van der Waals surface area contributed by atoms with Crippen LogP contribution in [0.3, 0.4) is 0 Å². The second kappa shape index (κ2) is 5.63. The normalized spacial score (nSPS) is 11.2. The molecule has 110 valence electrons. The van der Waals surface area contributed by atoms with E-state index in [1.165, 1.54) is 18.2 Å². The van der Waals surface area contributed by atoms with E-state index in [0.29, 0.717) is 16.9 Å². The Labute approximate surface area is 123 Å². The van der Waals surface area contributed by atoms with E-state index in [9.17, 15) is 13.2 Å². The smallest absolute Gasteiger partial charge is 0.274 e. The molecule has 0 fully saturated rings. The topological polar surface area (TPSA) is 102 Å². The molecule has 0 atom stereocenters. The highest BCUT2D eigenvalue weighted by atomic mass is 32.2. The summed E-state index contributed by atoms with van der Waals surface area (Å²) >= 11 is 0. The van der Waals surface area contributed by atoms with Crippen molar-refractivity contribution in [3.63, 3.8) is 0 Å². The van der Waals surface area contributed by atoms with Gasteiger partial charge in [-0.1, -0.05) is 6.07 Å². The molecule has 0 radical (unpaired) electrons. The lowest BCUT2D eigenvalue weighted by atomic mass is 10.1. The lowest BCUT2D eigenvalue weighted by Gasteiger charge is -2.10. The second-order valence-corrected chi connectivity index (χ2v) is 6.21. The maximum absolute atomic E-state index is 12.2. The largest absolute Gasteiger partial charge is 0.320 e. The van der Waals surface area contributed by atoms with Crippen LogP contribution in [-0.4, -0.2) is 19.3 Å². The first-order chi connectivity index (χ1) is 9.79. The number of benzene rings is 1. The van der Waals surface area contributed by atoms with Crippen molar-refractivity contribution in [3.05, 3.63) is 53.3 Å². The van der Waals surface area contributed by atoms with Gasteiger partial charge < -0.3 is 5.32 Å². The summed E-state index contributed by atoms with van der Waals surface area (Å²) in [6.07, 6.45) is 1.54. The summed E-state index contributed by atoms with van der Waals surface area (Å²) in [5.74, 6) is -0.348. The van der Waals surface area contributed by atoms with E-state index in [4.69, 9.17) is 5.14 Å². The van der Waals surface area contributed by atoms with E-state index in [1.54, 1.807) is 32.2 Å². The Kier molecular flexibility index (Phi) is 4.06. The van der Waals surface area contributed by atoms with Crippen molar-refractivity contribution >= 4 is 21.6 Å². The Morgan fingerprint density at radius 1 is 1.19 bits per heavy atom. The van der Waals surface area contributed by atoms with Gasteiger partial charge in [0.15, 0.2) is 0 Å². The summed E-state index contributed by atoms with van der Waals surface area (Å²) in [6.45, 7) is 3.48. The maximum atomic E-state index is 12.2. The lowest BCUT2D eigenvalue weighted by Crippen LogP contribution is -2.16. The van der Waals surface area contributed by atoms with E-state index in [0.717, 1.165) is 5.56 Å². The van der Waals surface area contributed by atoms with Crippen molar-refractivity contribution in [2.24, 2.45) is 5.14 Å². The van der Waals surface area contributed by atoms with Crippen molar-refractivity contribution in [1.29, 1.82) is 0 Å². The number of sulfonamides is 1. The van der Waals surface area contributed by atoms with Crippen LogP contribution in [0.2, 0.25) is 0 Å². The maximum Gasteiger partial charge on any atom is 0.274 e. The van der Waals surface area contributed by atoms with E-state index in [2.05, 4.69) is 10.3 Å². The molecule has 0 saturated carbocycles. The second-order valence-electron chi connectivity index (χ2n) is 4.64. The minimum atomic E-state index is -3.75. The number of nitrogens with one attached hydrogen (secondary N) is 1. The summed E-state index contributed by atoms with van der Waals surface area (Å²) < 4.78 is 22.5. The zero-order valence-corrected chi connectivity index (χ0v) is 12.4. The molecule has 0 unspecified atom stereocenters. The summed E-state index contributed by atoms with van der Waals surface area (Å²) in [6, 6.07) is 7.81. The van der Waals surface area contributed by atoms with Crippen molar-refractivity contribution in [3.8, 4) is 0 Å². The molecule has 0 spiro atoms. The number of amides is 1. The van der Waals surface area contributed by atoms with Crippen LogP contribution in [0.15, 0.2) is 41.4 Å². The van der Waals surface area contributed by atoms with Gasteiger partial charge in [-0.25, -0.2) is 13.6 Å². The first-order valence-corrected chi connectivity index (χ1v) is 7.70. The van der Waals surface area contributed by atoms with E-state index < -0.39 is 10.0 Å². The molecule has 1 aromatic heterocycles. The fourth-order valence-electron chi connectivity index (χ4n) is 1.86. The summed E-state index contributed by atoms with van der Waals surface area (Å²) in [7, 11) is -3.75. The summed E-state index contributed by atoms with van der Waals surface area (Å²) in [5, 5.41) is 7.77. The minimum absolute atomic E-state index is 0.00650. The fourth-order valence-corrected chi connectivity index (χ4v) is 2.46. The standard InChI is InChI=1S/C14H15N3O3S/c1-9-4-3-7-16-13(9)14(18)17-12-6-5-11(8-10(12)2)21(15,19)20/h3-8H,1-2H3,(H,17,18)(H2,15,19,20). The molecule has 2 aromatic rings. The van der Waals surface area contributed by atoms with E-state index in [-0.39, 0.29) is 10.8 Å². The number of carbonyl (C=O) groups excluding carboxylic acids is 1. The van der Waals surface area contributed by atoms with Gasteiger partial charge in [0.2, 0.25) is 10.0 Å².